The summed E-state index contributed by atoms with van der Waals surface area (Å²) < 4.78 is 0. The van der Waals surface area contributed by atoms with Crippen LogP contribution in [-0.2, 0) is 11.2 Å². The molecule has 0 heterocycles. The number of carbonyl (C=O) groups is 1. The smallest absolute Gasteiger partial charge is 0.220 e. The predicted octanol–water partition coefficient (Wildman–Crippen LogP) is 0.155. The zero-order chi connectivity index (χ0) is 14.3. The average Bonchev–Trinajstić information content (AvgIpc) is 2.42. The van der Waals surface area contributed by atoms with Crippen molar-refractivity contribution in [1.82, 2.24) is 5.32 Å². The molecular weight excluding hydrogens is 244 g/mol. The van der Waals surface area contributed by atoms with Crippen molar-refractivity contribution in [2.45, 2.75) is 18.9 Å². The van der Waals surface area contributed by atoms with Crippen LogP contribution in [0, 0.1) is 0 Å². The molecule has 0 bridgehead atoms. The Kier molecular flexibility index (Phi) is 6.32. The first-order chi connectivity index (χ1) is 9.02. The van der Waals surface area contributed by atoms with E-state index in [4.69, 9.17) is 10.2 Å². The van der Waals surface area contributed by atoms with E-state index in [-0.39, 0.29) is 19.1 Å². The number of amides is 1. The number of aliphatic hydroxyl groups is 2. The van der Waals surface area contributed by atoms with Gasteiger partial charge in [0.15, 0.2) is 0 Å². The van der Waals surface area contributed by atoms with E-state index in [1.165, 1.54) is 0 Å². The van der Waals surface area contributed by atoms with Crippen molar-refractivity contribution in [2.24, 2.45) is 0 Å². The van der Waals surface area contributed by atoms with E-state index >= 15 is 0 Å². The number of nitrogens with zero attached hydrogens (tertiary/aromatic N) is 1. The zero-order valence-corrected chi connectivity index (χ0v) is 11.5. The van der Waals surface area contributed by atoms with Crippen molar-refractivity contribution >= 4 is 11.6 Å². The van der Waals surface area contributed by atoms with Gasteiger partial charge in [-0.1, -0.05) is 12.1 Å². The Labute approximate surface area is 113 Å². The summed E-state index contributed by atoms with van der Waals surface area (Å²) in [5.41, 5.74) is 2.22. The van der Waals surface area contributed by atoms with Crippen molar-refractivity contribution < 1.29 is 15.0 Å². The second-order valence-corrected chi connectivity index (χ2v) is 4.70. The van der Waals surface area contributed by atoms with Crippen LogP contribution in [0.1, 0.15) is 12.0 Å². The largest absolute Gasteiger partial charge is 0.394 e. The molecule has 0 radical (unpaired) electrons. The van der Waals surface area contributed by atoms with E-state index in [9.17, 15) is 4.79 Å². The lowest BCUT2D eigenvalue weighted by atomic mass is 10.1. The first-order valence-electron chi connectivity index (χ1n) is 6.35. The van der Waals surface area contributed by atoms with Gasteiger partial charge in [0.05, 0.1) is 12.7 Å². The highest BCUT2D eigenvalue weighted by molar-refractivity contribution is 5.76. The Bertz CT molecular complexity index is 390. The Morgan fingerprint density at radius 2 is 1.95 bits per heavy atom. The molecule has 106 valence electrons. The van der Waals surface area contributed by atoms with E-state index in [0.717, 1.165) is 11.3 Å². The highest BCUT2D eigenvalue weighted by Crippen LogP contribution is 2.13. The first-order valence-corrected chi connectivity index (χ1v) is 6.35. The summed E-state index contributed by atoms with van der Waals surface area (Å²) in [5, 5.41) is 20.3. The maximum absolute atomic E-state index is 11.5. The third-order valence-electron chi connectivity index (χ3n) is 2.84. The van der Waals surface area contributed by atoms with Gasteiger partial charge in [0.1, 0.15) is 0 Å². The van der Waals surface area contributed by atoms with E-state index < -0.39 is 6.10 Å². The van der Waals surface area contributed by atoms with Gasteiger partial charge in [-0.25, -0.2) is 0 Å². The standard InChI is InChI=1S/C14H22N2O3/c1-16(2)12-6-3-11(4-7-12)5-8-14(19)15-9-13(18)10-17/h3-4,6-7,13,17-18H,5,8-10H2,1-2H3,(H,15,19). The van der Waals surface area contributed by atoms with Gasteiger partial charge in [-0.2, -0.15) is 0 Å². The fourth-order valence-electron chi connectivity index (χ4n) is 1.60. The number of anilines is 1. The normalized spacial score (nSPS) is 12.0. The Hall–Kier alpha value is -1.59. The minimum Gasteiger partial charge on any atom is -0.394 e. The second-order valence-electron chi connectivity index (χ2n) is 4.70. The van der Waals surface area contributed by atoms with Crippen LogP contribution >= 0.6 is 0 Å². The second kappa shape index (κ2) is 7.76. The summed E-state index contributed by atoms with van der Waals surface area (Å²) in [6, 6.07) is 8.04. The summed E-state index contributed by atoms with van der Waals surface area (Å²) >= 11 is 0. The van der Waals surface area contributed by atoms with Gasteiger partial charge >= 0.3 is 0 Å². The fraction of sp³-hybridized carbons (Fsp3) is 0.500. The molecule has 1 rings (SSSR count). The Morgan fingerprint density at radius 3 is 2.47 bits per heavy atom. The molecule has 5 nitrogen and oxygen atoms in total. The topological polar surface area (TPSA) is 72.8 Å². The van der Waals surface area contributed by atoms with Gasteiger partial charge in [-0.05, 0) is 24.1 Å². The van der Waals surface area contributed by atoms with Crippen LogP contribution in [0.3, 0.4) is 0 Å². The molecule has 0 aromatic heterocycles. The zero-order valence-electron chi connectivity index (χ0n) is 11.5. The molecule has 1 aromatic carbocycles. The number of carbonyl (C=O) groups excluding carboxylic acids is 1. The summed E-state index contributed by atoms with van der Waals surface area (Å²) in [4.78, 5) is 13.5. The number of hydrogen-bond donors (Lipinski definition) is 3. The summed E-state index contributed by atoms with van der Waals surface area (Å²) in [6.07, 6.45) is 0.150. The Balaban J connectivity index is 2.33. The van der Waals surface area contributed by atoms with Crippen molar-refractivity contribution in [3.05, 3.63) is 29.8 Å². The lowest BCUT2D eigenvalue weighted by Gasteiger charge is -2.12. The van der Waals surface area contributed by atoms with Crippen molar-refractivity contribution in [1.29, 1.82) is 0 Å². The fourth-order valence-corrected chi connectivity index (χ4v) is 1.60. The highest BCUT2D eigenvalue weighted by atomic mass is 16.3. The molecule has 1 atom stereocenters. The van der Waals surface area contributed by atoms with E-state index in [1.54, 1.807) is 0 Å². The monoisotopic (exact) mass is 266 g/mol. The third-order valence-corrected chi connectivity index (χ3v) is 2.84. The van der Waals surface area contributed by atoms with Crippen LogP contribution in [0.4, 0.5) is 5.69 Å². The van der Waals surface area contributed by atoms with E-state index in [1.807, 2.05) is 43.3 Å². The lowest BCUT2D eigenvalue weighted by molar-refractivity contribution is -0.121. The molecule has 1 amide bonds. The van der Waals surface area contributed by atoms with E-state index in [0.29, 0.717) is 12.8 Å². The number of hydrogen-bond acceptors (Lipinski definition) is 4. The number of nitrogens with one attached hydrogen (secondary N) is 1. The molecule has 0 saturated carbocycles. The molecular formula is C14H22N2O3. The summed E-state index contributed by atoms with van der Waals surface area (Å²) in [7, 11) is 3.96. The molecule has 1 unspecified atom stereocenters. The van der Waals surface area contributed by atoms with Crippen LogP contribution in [0.25, 0.3) is 0 Å². The molecule has 5 heteroatoms. The quantitative estimate of drug-likeness (QED) is 0.657. The number of aliphatic hydroxyl groups excluding tert-OH is 2. The van der Waals surface area contributed by atoms with E-state index in [2.05, 4.69) is 5.32 Å². The van der Waals surface area contributed by atoms with Crippen LogP contribution in [0.15, 0.2) is 24.3 Å². The highest BCUT2D eigenvalue weighted by Gasteiger charge is 2.06. The van der Waals surface area contributed by atoms with Gasteiger partial charge in [0, 0.05) is 32.7 Å². The molecule has 0 aliphatic carbocycles. The molecule has 3 N–H and O–H groups in total. The molecule has 0 aliphatic heterocycles. The van der Waals surface area contributed by atoms with Gasteiger partial charge < -0.3 is 20.4 Å². The third kappa shape index (κ3) is 5.72. The molecule has 0 fully saturated rings. The minimum absolute atomic E-state index is 0.0922. The van der Waals surface area contributed by atoms with Gasteiger partial charge in [-0.3, -0.25) is 4.79 Å². The van der Waals surface area contributed by atoms with Crippen LogP contribution < -0.4 is 10.2 Å². The van der Waals surface area contributed by atoms with Crippen molar-refractivity contribution in [3.8, 4) is 0 Å². The molecule has 0 aliphatic rings. The number of aryl methyl sites for hydroxylation is 1. The maximum atomic E-state index is 11.5. The molecule has 1 aromatic rings. The summed E-state index contributed by atoms with van der Waals surface area (Å²) in [6.45, 7) is -0.249. The maximum Gasteiger partial charge on any atom is 0.220 e. The summed E-state index contributed by atoms with van der Waals surface area (Å²) in [5.74, 6) is -0.121. The molecule has 19 heavy (non-hydrogen) atoms. The van der Waals surface area contributed by atoms with Crippen LogP contribution in [-0.4, -0.2) is 49.5 Å². The molecule has 0 saturated heterocycles. The minimum atomic E-state index is -0.886. The first kappa shape index (κ1) is 15.5. The molecule has 0 spiro atoms. The van der Waals surface area contributed by atoms with Gasteiger partial charge in [0.2, 0.25) is 5.91 Å². The predicted molar refractivity (Wildman–Crippen MR) is 75.2 cm³/mol. The van der Waals surface area contributed by atoms with Gasteiger partial charge in [-0.15, -0.1) is 0 Å². The van der Waals surface area contributed by atoms with Crippen LogP contribution in [0.2, 0.25) is 0 Å². The number of benzene rings is 1. The van der Waals surface area contributed by atoms with Gasteiger partial charge in [0.25, 0.3) is 0 Å². The Morgan fingerprint density at radius 1 is 1.32 bits per heavy atom. The lowest BCUT2D eigenvalue weighted by Crippen LogP contribution is -2.33. The average molecular weight is 266 g/mol. The van der Waals surface area contributed by atoms with Crippen molar-refractivity contribution in [2.75, 3.05) is 32.1 Å². The SMILES string of the molecule is CN(C)c1ccc(CCC(=O)NCC(O)CO)cc1. The number of rotatable bonds is 7. The van der Waals surface area contributed by atoms with Crippen molar-refractivity contribution in [3.63, 3.8) is 0 Å². The van der Waals surface area contributed by atoms with Crippen LogP contribution in [0.5, 0.6) is 0 Å².